The number of aryl methyl sites for hydroxylation is 2. The minimum Gasteiger partial charge on any atom is -0.318 e. The van der Waals surface area contributed by atoms with E-state index in [4.69, 9.17) is 0 Å². The molecule has 3 nitrogen and oxygen atoms in total. The molecule has 0 aliphatic heterocycles. The molecule has 0 amide bonds. The Balaban J connectivity index is 2.22. The molecule has 0 aliphatic carbocycles. The monoisotopic (exact) mass is 201 g/mol. The molecule has 0 aliphatic rings. The quantitative estimate of drug-likeness (QED) is 0.762. The first-order valence-corrected chi connectivity index (χ1v) is 5.22. The van der Waals surface area contributed by atoms with Gasteiger partial charge in [0.2, 0.25) is 0 Å². The van der Waals surface area contributed by atoms with Gasteiger partial charge < -0.3 is 4.57 Å². The Hall–Kier alpha value is -1.64. The van der Waals surface area contributed by atoms with Crippen LogP contribution in [-0.4, -0.2) is 14.8 Å². The molecule has 1 aromatic carbocycles. The summed E-state index contributed by atoms with van der Waals surface area (Å²) in [6.07, 6.45) is 2.64. The Kier molecular flexibility index (Phi) is 2.81. The van der Waals surface area contributed by atoms with Gasteiger partial charge in [-0.3, -0.25) is 0 Å². The topological polar surface area (TPSA) is 30.7 Å². The molecule has 0 spiro atoms. The van der Waals surface area contributed by atoms with Gasteiger partial charge in [-0.05, 0) is 19.4 Å². The van der Waals surface area contributed by atoms with Crippen molar-refractivity contribution in [3.05, 3.63) is 47.5 Å². The van der Waals surface area contributed by atoms with Crippen LogP contribution < -0.4 is 0 Å². The minimum atomic E-state index is 0.857. The first kappa shape index (κ1) is 9.90. The van der Waals surface area contributed by atoms with Gasteiger partial charge in [0, 0.05) is 13.0 Å². The van der Waals surface area contributed by atoms with E-state index < -0.39 is 0 Å². The molecule has 1 heterocycles. The molecular formula is C12H15N3. The number of aromatic nitrogens is 3. The summed E-state index contributed by atoms with van der Waals surface area (Å²) in [7, 11) is 0. The first-order chi connectivity index (χ1) is 7.29. The summed E-state index contributed by atoms with van der Waals surface area (Å²) in [5.41, 5.74) is 2.58. The highest BCUT2D eigenvalue weighted by molar-refractivity contribution is 5.24. The van der Waals surface area contributed by atoms with Crippen molar-refractivity contribution < 1.29 is 0 Å². The summed E-state index contributed by atoms with van der Waals surface area (Å²) in [6.45, 7) is 5.13. The maximum Gasteiger partial charge on any atom is 0.137 e. The van der Waals surface area contributed by atoms with Gasteiger partial charge in [-0.2, -0.15) is 0 Å². The maximum atomic E-state index is 4.12. The molecule has 2 rings (SSSR count). The van der Waals surface area contributed by atoms with E-state index in [1.165, 1.54) is 11.1 Å². The molecule has 0 bridgehead atoms. The van der Waals surface area contributed by atoms with E-state index in [1.807, 2.05) is 0 Å². The van der Waals surface area contributed by atoms with Crippen LogP contribution in [-0.2, 0) is 13.0 Å². The van der Waals surface area contributed by atoms with Crippen LogP contribution in [0.25, 0.3) is 0 Å². The Labute approximate surface area is 89.8 Å². The van der Waals surface area contributed by atoms with Crippen molar-refractivity contribution >= 4 is 0 Å². The van der Waals surface area contributed by atoms with Gasteiger partial charge in [-0.25, -0.2) is 0 Å². The highest BCUT2D eigenvalue weighted by Crippen LogP contribution is 2.09. The summed E-state index contributed by atoms with van der Waals surface area (Å²) in [4.78, 5) is 0. The summed E-state index contributed by atoms with van der Waals surface area (Å²) in [5, 5.41) is 8.05. The SMILES string of the molecule is CCn1cnnc1Cc1cccc(C)c1. The van der Waals surface area contributed by atoms with Crippen molar-refractivity contribution in [2.24, 2.45) is 0 Å². The normalized spacial score (nSPS) is 10.5. The number of benzene rings is 1. The molecule has 1 aromatic heterocycles. The predicted molar refractivity (Wildman–Crippen MR) is 59.7 cm³/mol. The molecular weight excluding hydrogens is 186 g/mol. The van der Waals surface area contributed by atoms with Crippen LogP contribution in [0.5, 0.6) is 0 Å². The van der Waals surface area contributed by atoms with Crippen molar-refractivity contribution in [1.29, 1.82) is 0 Å². The minimum absolute atomic E-state index is 0.857. The zero-order valence-corrected chi connectivity index (χ0v) is 9.14. The Morgan fingerprint density at radius 3 is 2.93 bits per heavy atom. The van der Waals surface area contributed by atoms with Gasteiger partial charge in [0.25, 0.3) is 0 Å². The second-order valence-electron chi connectivity index (χ2n) is 3.70. The average molecular weight is 201 g/mol. The van der Waals surface area contributed by atoms with E-state index in [2.05, 4.69) is 52.9 Å². The van der Waals surface area contributed by atoms with Gasteiger partial charge in [0.05, 0.1) is 0 Å². The van der Waals surface area contributed by atoms with Crippen molar-refractivity contribution in [2.75, 3.05) is 0 Å². The number of hydrogen-bond acceptors (Lipinski definition) is 2. The fourth-order valence-electron chi connectivity index (χ4n) is 1.68. The van der Waals surface area contributed by atoms with Gasteiger partial charge in [-0.1, -0.05) is 29.8 Å². The highest BCUT2D eigenvalue weighted by atomic mass is 15.3. The zero-order chi connectivity index (χ0) is 10.7. The van der Waals surface area contributed by atoms with Gasteiger partial charge >= 0.3 is 0 Å². The van der Waals surface area contributed by atoms with Crippen molar-refractivity contribution in [3.8, 4) is 0 Å². The van der Waals surface area contributed by atoms with Gasteiger partial charge in [0.15, 0.2) is 0 Å². The molecule has 2 aromatic rings. The Morgan fingerprint density at radius 2 is 2.20 bits per heavy atom. The summed E-state index contributed by atoms with van der Waals surface area (Å²) >= 11 is 0. The van der Waals surface area contributed by atoms with Crippen molar-refractivity contribution in [2.45, 2.75) is 26.8 Å². The van der Waals surface area contributed by atoms with Crippen LogP contribution in [0.4, 0.5) is 0 Å². The van der Waals surface area contributed by atoms with Crippen LogP contribution in [0, 0.1) is 6.92 Å². The van der Waals surface area contributed by atoms with E-state index in [0.29, 0.717) is 0 Å². The third-order valence-corrected chi connectivity index (χ3v) is 2.48. The van der Waals surface area contributed by atoms with Crippen LogP contribution >= 0.6 is 0 Å². The largest absolute Gasteiger partial charge is 0.318 e. The summed E-state index contributed by atoms with van der Waals surface area (Å²) < 4.78 is 2.07. The Bertz CT molecular complexity index is 446. The third-order valence-electron chi connectivity index (χ3n) is 2.48. The van der Waals surface area contributed by atoms with Crippen LogP contribution in [0.1, 0.15) is 23.9 Å². The lowest BCUT2D eigenvalue weighted by atomic mass is 10.1. The summed E-state index contributed by atoms with van der Waals surface area (Å²) in [6, 6.07) is 8.50. The fourth-order valence-corrected chi connectivity index (χ4v) is 1.68. The predicted octanol–water partition coefficient (Wildman–Crippen LogP) is 2.20. The molecule has 0 saturated carbocycles. The van der Waals surface area contributed by atoms with E-state index in [9.17, 15) is 0 Å². The molecule has 0 N–H and O–H groups in total. The zero-order valence-electron chi connectivity index (χ0n) is 9.14. The second-order valence-corrected chi connectivity index (χ2v) is 3.70. The second kappa shape index (κ2) is 4.26. The van der Waals surface area contributed by atoms with Gasteiger partial charge in [0.1, 0.15) is 12.2 Å². The maximum absolute atomic E-state index is 4.12. The van der Waals surface area contributed by atoms with Gasteiger partial charge in [-0.15, -0.1) is 10.2 Å². The molecule has 0 unspecified atom stereocenters. The molecule has 78 valence electrons. The summed E-state index contributed by atoms with van der Waals surface area (Å²) in [5.74, 6) is 1.03. The third kappa shape index (κ3) is 2.24. The first-order valence-electron chi connectivity index (χ1n) is 5.22. The fraction of sp³-hybridized carbons (Fsp3) is 0.333. The molecule has 0 saturated heterocycles. The van der Waals surface area contributed by atoms with E-state index in [-0.39, 0.29) is 0 Å². The van der Waals surface area contributed by atoms with E-state index in [1.54, 1.807) is 6.33 Å². The number of rotatable bonds is 3. The lowest BCUT2D eigenvalue weighted by Gasteiger charge is -2.03. The Morgan fingerprint density at radius 1 is 1.33 bits per heavy atom. The number of nitrogens with zero attached hydrogens (tertiary/aromatic N) is 3. The van der Waals surface area contributed by atoms with E-state index >= 15 is 0 Å². The van der Waals surface area contributed by atoms with Crippen molar-refractivity contribution in [3.63, 3.8) is 0 Å². The molecule has 3 heteroatoms. The van der Waals surface area contributed by atoms with Crippen LogP contribution in [0.15, 0.2) is 30.6 Å². The standard InChI is InChI=1S/C12H15N3/c1-3-15-9-13-14-12(15)8-11-6-4-5-10(2)7-11/h4-7,9H,3,8H2,1-2H3. The molecule has 15 heavy (non-hydrogen) atoms. The molecule has 0 atom stereocenters. The number of hydrogen-bond donors (Lipinski definition) is 0. The molecule has 0 radical (unpaired) electrons. The lowest BCUT2D eigenvalue weighted by Crippen LogP contribution is -2.01. The van der Waals surface area contributed by atoms with Crippen LogP contribution in [0.3, 0.4) is 0 Å². The highest BCUT2D eigenvalue weighted by Gasteiger charge is 2.03. The van der Waals surface area contributed by atoms with Crippen LogP contribution in [0.2, 0.25) is 0 Å². The average Bonchev–Trinajstić information content (AvgIpc) is 2.65. The smallest absolute Gasteiger partial charge is 0.137 e. The lowest BCUT2D eigenvalue weighted by molar-refractivity contribution is 0.712. The van der Waals surface area contributed by atoms with E-state index in [0.717, 1.165) is 18.8 Å². The van der Waals surface area contributed by atoms with Crippen molar-refractivity contribution in [1.82, 2.24) is 14.8 Å². The molecule has 0 fully saturated rings.